The normalized spacial score (nSPS) is 13.9. The third-order valence-corrected chi connectivity index (χ3v) is 4.62. The first-order valence-electron chi connectivity index (χ1n) is 4.83. The van der Waals surface area contributed by atoms with Gasteiger partial charge >= 0.3 is 90.8 Å². The second-order valence-electron chi connectivity index (χ2n) is 3.27. The van der Waals surface area contributed by atoms with Gasteiger partial charge in [-0.05, 0) is 0 Å². The standard InChI is InChI=1S/C9H15F3O2Se/c1-2-3-4-5-6-15(14)7-8(13)9(10,11)12/h2-7H2,1H3. The van der Waals surface area contributed by atoms with Crippen molar-refractivity contribution in [3.8, 4) is 0 Å². The molecule has 1 atom stereocenters. The summed E-state index contributed by atoms with van der Waals surface area (Å²) < 4.78 is 46.5. The molecule has 6 heteroatoms. The van der Waals surface area contributed by atoms with Gasteiger partial charge in [0.05, 0.1) is 0 Å². The summed E-state index contributed by atoms with van der Waals surface area (Å²) in [6, 6.07) is 0. The minimum atomic E-state index is -4.82. The number of rotatable bonds is 7. The fraction of sp³-hybridized carbons (Fsp3) is 0.889. The van der Waals surface area contributed by atoms with Crippen LogP contribution in [-0.4, -0.2) is 25.8 Å². The Balaban J connectivity index is 3.71. The van der Waals surface area contributed by atoms with Crippen LogP contribution >= 0.6 is 0 Å². The average Bonchev–Trinajstić information content (AvgIpc) is 2.11. The Bertz CT molecular complexity index is 226. The van der Waals surface area contributed by atoms with E-state index in [4.69, 9.17) is 0 Å². The summed E-state index contributed by atoms with van der Waals surface area (Å²) in [5.41, 5.74) is 0. The molecule has 2 nitrogen and oxygen atoms in total. The van der Waals surface area contributed by atoms with Crippen LogP contribution in [0.4, 0.5) is 13.2 Å². The van der Waals surface area contributed by atoms with Gasteiger partial charge in [0.1, 0.15) is 0 Å². The van der Waals surface area contributed by atoms with Crippen molar-refractivity contribution in [1.29, 1.82) is 0 Å². The molecule has 0 aliphatic rings. The van der Waals surface area contributed by atoms with E-state index in [-0.39, 0.29) is 5.32 Å². The van der Waals surface area contributed by atoms with E-state index >= 15 is 0 Å². The Morgan fingerprint density at radius 2 is 1.80 bits per heavy atom. The first-order valence-corrected chi connectivity index (χ1v) is 7.95. The fourth-order valence-corrected chi connectivity index (χ4v) is 3.35. The second-order valence-corrected chi connectivity index (χ2v) is 6.58. The first-order chi connectivity index (χ1) is 6.88. The Morgan fingerprint density at radius 1 is 1.20 bits per heavy atom. The van der Waals surface area contributed by atoms with Crippen molar-refractivity contribution in [2.24, 2.45) is 0 Å². The summed E-state index contributed by atoms with van der Waals surface area (Å²) in [7, 11) is 0. The van der Waals surface area contributed by atoms with Crippen LogP contribution in [0.25, 0.3) is 0 Å². The van der Waals surface area contributed by atoms with E-state index in [0.717, 1.165) is 19.3 Å². The van der Waals surface area contributed by atoms with Gasteiger partial charge < -0.3 is 0 Å². The molecule has 1 unspecified atom stereocenters. The van der Waals surface area contributed by atoms with Crippen molar-refractivity contribution in [3.63, 3.8) is 0 Å². The van der Waals surface area contributed by atoms with Crippen LogP contribution in [0.15, 0.2) is 0 Å². The minimum absolute atomic E-state index is 0.280. The number of carbonyl (C=O) groups is 1. The van der Waals surface area contributed by atoms with E-state index in [1.54, 1.807) is 0 Å². The van der Waals surface area contributed by atoms with Crippen LogP contribution < -0.4 is 0 Å². The Morgan fingerprint density at radius 3 is 2.27 bits per heavy atom. The molecule has 0 bridgehead atoms. The molecular formula is C9H15F3O2Se. The monoisotopic (exact) mass is 292 g/mol. The summed E-state index contributed by atoms with van der Waals surface area (Å²) in [5, 5.41) is -0.516. The predicted octanol–water partition coefficient (Wildman–Crippen LogP) is 3.12. The van der Waals surface area contributed by atoms with Crippen LogP contribution in [0.5, 0.6) is 0 Å². The molecular weight excluding hydrogens is 276 g/mol. The van der Waals surface area contributed by atoms with E-state index in [1.165, 1.54) is 0 Å². The number of carbonyl (C=O) groups excluding carboxylic acids is 1. The van der Waals surface area contributed by atoms with Gasteiger partial charge in [0.15, 0.2) is 0 Å². The van der Waals surface area contributed by atoms with E-state index in [0.29, 0.717) is 6.42 Å². The summed E-state index contributed by atoms with van der Waals surface area (Å²) in [4.78, 5) is 10.5. The number of Topliss-reactive ketones (excluding diaryl/α,β-unsaturated/α-hetero) is 1. The number of alkyl halides is 3. The molecule has 0 aromatic carbocycles. The van der Waals surface area contributed by atoms with Crippen LogP contribution in [-0.2, 0) is 8.63 Å². The van der Waals surface area contributed by atoms with Gasteiger partial charge in [0.25, 0.3) is 0 Å². The van der Waals surface area contributed by atoms with E-state index < -0.39 is 31.1 Å². The molecule has 0 aliphatic carbocycles. The maximum atomic E-state index is 11.8. The van der Waals surface area contributed by atoms with Crippen LogP contribution in [0.1, 0.15) is 32.6 Å². The number of halogens is 3. The van der Waals surface area contributed by atoms with Gasteiger partial charge in [0.2, 0.25) is 0 Å². The zero-order valence-corrected chi connectivity index (χ0v) is 10.3. The van der Waals surface area contributed by atoms with Crippen molar-refractivity contribution in [2.75, 3.05) is 0 Å². The number of hydrogen-bond donors (Lipinski definition) is 0. The Labute approximate surface area is 91.3 Å². The maximum absolute atomic E-state index is 11.8. The predicted molar refractivity (Wildman–Crippen MR) is 51.3 cm³/mol. The van der Waals surface area contributed by atoms with Gasteiger partial charge in [-0.2, -0.15) is 0 Å². The fourth-order valence-electron chi connectivity index (χ4n) is 0.990. The summed E-state index contributed by atoms with van der Waals surface area (Å²) >= 11 is -2.59. The molecule has 90 valence electrons. The van der Waals surface area contributed by atoms with Crippen molar-refractivity contribution < 1.29 is 21.8 Å². The van der Waals surface area contributed by atoms with Crippen molar-refractivity contribution in [3.05, 3.63) is 0 Å². The second kappa shape index (κ2) is 7.12. The summed E-state index contributed by atoms with van der Waals surface area (Å²) in [6.45, 7) is 2.01. The van der Waals surface area contributed by atoms with E-state index in [1.807, 2.05) is 6.92 Å². The van der Waals surface area contributed by atoms with Crippen molar-refractivity contribution in [2.45, 2.75) is 49.4 Å². The van der Waals surface area contributed by atoms with Crippen LogP contribution in [0.3, 0.4) is 0 Å². The molecule has 0 fully saturated rings. The molecule has 0 aromatic heterocycles. The van der Waals surface area contributed by atoms with Gasteiger partial charge in [-0.25, -0.2) is 0 Å². The van der Waals surface area contributed by atoms with Crippen molar-refractivity contribution >= 4 is 19.6 Å². The van der Waals surface area contributed by atoms with Gasteiger partial charge in [-0.3, -0.25) is 0 Å². The van der Waals surface area contributed by atoms with Gasteiger partial charge in [0, 0.05) is 0 Å². The molecule has 0 amide bonds. The number of unbranched alkanes of at least 4 members (excludes halogenated alkanes) is 3. The molecule has 0 radical (unpaired) electrons. The summed E-state index contributed by atoms with van der Waals surface area (Å²) in [5.74, 6) is -1.85. The third-order valence-electron chi connectivity index (χ3n) is 1.83. The first kappa shape index (κ1) is 14.8. The average molecular weight is 291 g/mol. The molecule has 0 N–H and O–H groups in total. The Kier molecular flexibility index (Phi) is 7.01. The van der Waals surface area contributed by atoms with Crippen molar-refractivity contribution in [1.82, 2.24) is 0 Å². The zero-order chi connectivity index (χ0) is 11.9. The van der Waals surface area contributed by atoms with Gasteiger partial charge in [-0.15, -0.1) is 0 Å². The third kappa shape index (κ3) is 7.68. The SMILES string of the molecule is CCCCCC[Se](=O)CC(=O)C(F)(F)F. The molecule has 0 rings (SSSR count). The quantitative estimate of drug-likeness (QED) is 0.533. The molecule has 0 heterocycles. The molecule has 0 saturated heterocycles. The topological polar surface area (TPSA) is 34.1 Å². The molecule has 0 aromatic rings. The number of hydrogen-bond acceptors (Lipinski definition) is 2. The molecule has 15 heavy (non-hydrogen) atoms. The van der Waals surface area contributed by atoms with E-state index in [2.05, 4.69) is 0 Å². The Hall–Kier alpha value is -0.221. The van der Waals surface area contributed by atoms with Crippen LogP contribution in [0.2, 0.25) is 10.6 Å². The number of ketones is 1. The molecule has 0 saturated carbocycles. The molecule has 0 spiro atoms. The zero-order valence-electron chi connectivity index (χ0n) is 8.60. The summed E-state index contributed by atoms with van der Waals surface area (Å²) in [6.07, 6.45) is -1.28. The van der Waals surface area contributed by atoms with E-state index in [9.17, 15) is 21.8 Å². The van der Waals surface area contributed by atoms with Crippen LogP contribution in [0, 0.1) is 0 Å². The molecule has 0 aliphatic heterocycles. The van der Waals surface area contributed by atoms with Gasteiger partial charge in [-0.1, -0.05) is 0 Å².